The molecule has 1 unspecified atom stereocenters. The van der Waals surface area contributed by atoms with Crippen molar-refractivity contribution in [2.45, 2.75) is 12.5 Å². The molecule has 5 nitrogen and oxygen atoms in total. The molecule has 1 amide bonds. The number of aromatic amines is 1. The number of benzene rings is 1. The summed E-state index contributed by atoms with van der Waals surface area (Å²) in [5.41, 5.74) is 7.64. The predicted octanol–water partition coefficient (Wildman–Crippen LogP) is 1.23. The van der Waals surface area contributed by atoms with Gasteiger partial charge in [0.2, 0.25) is 0 Å². The predicted molar refractivity (Wildman–Crippen MR) is 68.9 cm³/mol. The fraction of sp³-hybridized carbons (Fsp3) is 0.231. The Morgan fingerprint density at radius 3 is 2.83 bits per heavy atom. The lowest BCUT2D eigenvalue weighted by molar-refractivity contribution is 0.0952. The van der Waals surface area contributed by atoms with Crippen molar-refractivity contribution in [3.8, 4) is 0 Å². The zero-order valence-electron chi connectivity index (χ0n) is 9.97. The zero-order valence-corrected chi connectivity index (χ0v) is 9.97. The molecule has 1 aromatic carbocycles. The molecular formula is C13H16N4O. The molecule has 0 radical (unpaired) electrons. The van der Waals surface area contributed by atoms with E-state index in [-0.39, 0.29) is 11.9 Å². The Kier molecular flexibility index (Phi) is 4.09. The molecule has 1 heterocycles. The van der Waals surface area contributed by atoms with Gasteiger partial charge < -0.3 is 11.1 Å². The smallest absolute Gasteiger partial charge is 0.254 e. The van der Waals surface area contributed by atoms with E-state index in [0.717, 1.165) is 5.56 Å². The summed E-state index contributed by atoms with van der Waals surface area (Å²) in [6, 6.07) is 9.79. The van der Waals surface area contributed by atoms with Gasteiger partial charge in [0, 0.05) is 18.8 Å². The Morgan fingerprint density at radius 2 is 2.17 bits per heavy atom. The number of hydrogen-bond acceptors (Lipinski definition) is 3. The highest BCUT2D eigenvalue weighted by atomic mass is 16.1. The maximum Gasteiger partial charge on any atom is 0.254 e. The molecule has 0 bridgehead atoms. The van der Waals surface area contributed by atoms with Crippen LogP contribution >= 0.6 is 0 Å². The van der Waals surface area contributed by atoms with E-state index >= 15 is 0 Å². The lowest BCUT2D eigenvalue weighted by atomic mass is 10.1. The molecule has 0 spiro atoms. The van der Waals surface area contributed by atoms with E-state index < -0.39 is 0 Å². The number of rotatable bonds is 5. The van der Waals surface area contributed by atoms with Gasteiger partial charge in [-0.25, -0.2) is 0 Å². The summed E-state index contributed by atoms with van der Waals surface area (Å²) in [7, 11) is 0. The van der Waals surface area contributed by atoms with Crippen LogP contribution in [0.3, 0.4) is 0 Å². The standard InChI is InChI=1S/C13H16N4O/c14-12(10-4-2-1-3-5-10)6-7-15-13(18)11-8-16-17-9-11/h1-5,8-9,12H,6-7,14H2,(H,15,18)(H,16,17). The summed E-state index contributed by atoms with van der Waals surface area (Å²) in [6.07, 6.45) is 3.76. The van der Waals surface area contributed by atoms with Crippen LogP contribution in [0.4, 0.5) is 0 Å². The normalized spacial score (nSPS) is 12.1. The Labute approximate surface area is 105 Å². The van der Waals surface area contributed by atoms with Gasteiger partial charge in [-0.3, -0.25) is 9.89 Å². The van der Waals surface area contributed by atoms with Crippen molar-refractivity contribution >= 4 is 5.91 Å². The van der Waals surface area contributed by atoms with E-state index in [9.17, 15) is 4.79 Å². The van der Waals surface area contributed by atoms with E-state index in [1.54, 1.807) is 6.20 Å². The molecule has 0 saturated carbocycles. The van der Waals surface area contributed by atoms with E-state index in [0.29, 0.717) is 18.5 Å². The topological polar surface area (TPSA) is 83.8 Å². The third-order valence-corrected chi connectivity index (χ3v) is 2.73. The lowest BCUT2D eigenvalue weighted by Gasteiger charge is -2.12. The molecule has 0 saturated heterocycles. The highest BCUT2D eigenvalue weighted by Gasteiger charge is 2.08. The van der Waals surface area contributed by atoms with Crippen LogP contribution in [0, 0.1) is 0 Å². The third-order valence-electron chi connectivity index (χ3n) is 2.73. The third kappa shape index (κ3) is 3.18. The van der Waals surface area contributed by atoms with Crippen molar-refractivity contribution in [3.63, 3.8) is 0 Å². The molecule has 0 aliphatic rings. The number of carbonyl (C=O) groups is 1. The maximum atomic E-state index is 11.6. The fourth-order valence-electron chi connectivity index (χ4n) is 1.69. The molecule has 0 aliphatic carbocycles. The second kappa shape index (κ2) is 5.97. The first-order valence-electron chi connectivity index (χ1n) is 5.85. The zero-order chi connectivity index (χ0) is 12.8. The molecule has 5 heteroatoms. The minimum Gasteiger partial charge on any atom is -0.352 e. The van der Waals surface area contributed by atoms with Crippen LogP contribution in [0.25, 0.3) is 0 Å². The molecular weight excluding hydrogens is 228 g/mol. The molecule has 0 aliphatic heterocycles. The lowest BCUT2D eigenvalue weighted by Crippen LogP contribution is -2.26. The first-order valence-corrected chi connectivity index (χ1v) is 5.85. The largest absolute Gasteiger partial charge is 0.352 e. The van der Waals surface area contributed by atoms with Gasteiger partial charge in [0.05, 0.1) is 11.8 Å². The summed E-state index contributed by atoms with van der Waals surface area (Å²) in [5, 5.41) is 9.13. The van der Waals surface area contributed by atoms with E-state index in [2.05, 4.69) is 15.5 Å². The van der Waals surface area contributed by atoms with E-state index in [1.165, 1.54) is 6.20 Å². The second-order valence-electron chi connectivity index (χ2n) is 4.05. The summed E-state index contributed by atoms with van der Waals surface area (Å²) in [4.78, 5) is 11.6. The Hall–Kier alpha value is -2.14. The molecule has 94 valence electrons. The molecule has 0 fully saturated rings. The van der Waals surface area contributed by atoms with Crippen LogP contribution in [0.1, 0.15) is 28.4 Å². The first-order chi connectivity index (χ1) is 8.77. The number of nitrogens with one attached hydrogen (secondary N) is 2. The highest BCUT2D eigenvalue weighted by Crippen LogP contribution is 2.12. The molecule has 2 aromatic rings. The highest BCUT2D eigenvalue weighted by molar-refractivity contribution is 5.93. The average molecular weight is 244 g/mol. The summed E-state index contributed by atoms with van der Waals surface area (Å²) in [6.45, 7) is 0.542. The van der Waals surface area contributed by atoms with Gasteiger partial charge in [-0.1, -0.05) is 30.3 Å². The number of carbonyl (C=O) groups excluding carboxylic acids is 1. The van der Waals surface area contributed by atoms with Crippen LogP contribution in [0.2, 0.25) is 0 Å². The number of amides is 1. The number of nitrogens with two attached hydrogens (primary N) is 1. The number of aromatic nitrogens is 2. The van der Waals surface area contributed by atoms with Gasteiger partial charge in [0.25, 0.3) is 5.91 Å². The minimum absolute atomic E-state index is 0.0594. The quantitative estimate of drug-likeness (QED) is 0.739. The van der Waals surface area contributed by atoms with Gasteiger partial charge in [0.1, 0.15) is 0 Å². The van der Waals surface area contributed by atoms with E-state index in [4.69, 9.17) is 5.73 Å². The Bertz CT molecular complexity index is 481. The van der Waals surface area contributed by atoms with Gasteiger partial charge in [-0.15, -0.1) is 0 Å². The number of hydrogen-bond donors (Lipinski definition) is 3. The van der Waals surface area contributed by atoms with Gasteiger partial charge in [-0.2, -0.15) is 5.10 Å². The number of nitrogens with zero attached hydrogens (tertiary/aromatic N) is 1. The van der Waals surface area contributed by atoms with Crippen LogP contribution < -0.4 is 11.1 Å². The Balaban J connectivity index is 1.77. The average Bonchev–Trinajstić information content (AvgIpc) is 2.93. The van der Waals surface area contributed by atoms with Crippen molar-refractivity contribution in [1.29, 1.82) is 0 Å². The van der Waals surface area contributed by atoms with Crippen LogP contribution in [0.5, 0.6) is 0 Å². The van der Waals surface area contributed by atoms with E-state index in [1.807, 2.05) is 30.3 Å². The SMILES string of the molecule is NC(CCNC(=O)c1cn[nH]c1)c1ccccc1. The molecule has 2 rings (SSSR count). The summed E-state index contributed by atoms with van der Waals surface area (Å²) >= 11 is 0. The minimum atomic E-state index is -0.135. The van der Waals surface area contributed by atoms with Crippen molar-refractivity contribution in [2.24, 2.45) is 5.73 Å². The van der Waals surface area contributed by atoms with Crippen LogP contribution in [0.15, 0.2) is 42.7 Å². The molecule has 1 atom stereocenters. The van der Waals surface area contributed by atoms with Crippen molar-refractivity contribution in [2.75, 3.05) is 6.54 Å². The van der Waals surface area contributed by atoms with Gasteiger partial charge in [0.15, 0.2) is 0 Å². The number of H-pyrrole nitrogens is 1. The molecule has 18 heavy (non-hydrogen) atoms. The molecule has 1 aromatic heterocycles. The van der Waals surface area contributed by atoms with Crippen LogP contribution in [-0.2, 0) is 0 Å². The summed E-state index contributed by atoms with van der Waals surface area (Å²) in [5.74, 6) is -0.135. The van der Waals surface area contributed by atoms with Gasteiger partial charge >= 0.3 is 0 Å². The van der Waals surface area contributed by atoms with Crippen molar-refractivity contribution < 1.29 is 4.79 Å². The van der Waals surface area contributed by atoms with Crippen LogP contribution in [-0.4, -0.2) is 22.6 Å². The monoisotopic (exact) mass is 244 g/mol. The van der Waals surface area contributed by atoms with Gasteiger partial charge in [-0.05, 0) is 12.0 Å². The fourth-order valence-corrected chi connectivity index (χ4v) is 1.69. The second-order valence-corrected chi connectivity index (χ2v) is 4.05. The maximum absolute atomic E-state index is 11.6. The molecule has 4 N–H and O–H groups in total. The summed E-state index contributed by atoms with van der Waals surface area (Å²) < 4.78 is 0. The first kappa shape index (κ1) is 12.3. The van der Waals surface area contributed by atoms with Crippen molar-refractivity contribution in [1.82, 2.24) is 15.5 Å². The Morgan fingerprint density at radius 1 is 1.39 bits per heavy atom. The van der Waals surface area contributed by atoms with Crippen molar-refractivity contribution in [3.05, 3.63) is 53.9 Å².